The Morgan fingerprint density at radius 3 is 2.41 bits per heavy atom. The molecule has 4 rings (SSSR count). The number of aryl methyl sites for hydroxylation is 1. The van der Waals surface area contributed by atoms with E-state index in [4.69, 9.17) is 9.97 Å². The Morgan fingerprint density at radius 2 is 1.74 bits per heavy atom. The van der Waals surface area contributed by atoms with Crippen LogP contribution in [0.1, 0.15) is 18.5 Å². The maximum Gasteiger partial charge on any atom is 0.229 e. The van der Waals surface area contributed by atoms with Crippen LogP contribution < -0.4 is 9.80 Å². The SMILES string of the molecule is Cc1cc2c(N3CCN(CCS(C)(=O)=O)CC3)nc(N3CCCC3)nc2[nH]1. The van der Waals surface area contributed by atoms with Crippen molar-refractivity contribution in [3.63, 3.8) is 0 Å². The van der Waals surface area contributed by atoms with Gasteiger partial charge in [0.2, 0.25) is 5.95 Å². The zero-order valence-corrected chi connectivity index (χ0v) is 16.9. The van der Waals surface area contributed by atoms with Crippen LogP contribution in [0.3, 0.4) is 0 Å². The van der Waals surface area contributed by atoms with E-state index < -0.39 is 9.84 Å². The molecule has 2 aliphatic rings. The van der Waals surface area contributed by atoms with Gasteiger partial charge in [0, 0.05) is 57.8 Å². The summed E-state index contributed by atoms with van der Waals surface area (Å²) in [6.07, 6.45) is 3.69. The third-order valence-corrected chi connectivity index (χ3v) is 6.35. The topological polar surface area (TPSA) is 85.4 Å². The molecule has 2 aliphatic heterocycles. The number of piperazine rings is 1. The van der Waals surface area contributed by atoms with E-state index in [1.807, 2.05) is 6.92 Å². The van der Waals surface area contributed by atoms with Gasteiger partial charge in [-0.2, -0.15) is 9.97 Å². The average molecular weight is 393 g/mol. The Kier molecular flexibility index (Phi) is 4.98. The van der Waals surface area contributed by atoms with Gasteiger partial charge in [0.05, 0.1) is 11.1 Å². The van der Waals surface area contributed by atoms with Crippen LogP contribution in [-0.4, -0.2) is 86.1 Å². The van der Waals surface area contributed by atoms with Crippen LogP contribution in [0.25, 0.3) is 11.0 Å². The van der Waals surface area contributed by atoms with Gasteiger partial charge in [0.1, 0.15) is 21.3 Å². The molecule has 0 radical (unpaired) electrons. The minimum absolute atomic E-state index is 0.223. The van der Waals surface area contributed by atoms with Gasteiger partial charge in [-0.3, -0.25) is 4.90 Å². The number of anilines is 2. The fourth-order valence-corrected chi connectivity index (χ4v) is 4.48. The zero-order valence-electron chi connectivity index (χ0n) is 16.1. The number of hydrogen-bond acceptors (Lipinski definition) is 7. The van der Waals surface area contributed by atoms with Crippen molar-refractivity contribution >= 4 is 32.6 Å². The van der Waals surface area contributed by atoms with Crippen LogP contribution in [0.2, 0.25) is 0 Å². The molecule has 0 atom stereocenters. The van der Waals surface area contributed by atoms with Crippen LogP contribution in [0.15, 0.2) is 6.07 Å². The number of H-pyrrole nitrogens is 1. The molecular weight excluding hydrogens is 364 g/mol. The van der Waals surface area contributed by atoms with Crippen molar-refractivity contribution < 1.29 is 8.42 Å². The number of aromatic nitrogens is 3. The van der Waals surface area contributed by atoms with Crippen molar-refractivity contribution in [2.24, 2.45) is 0 Å². The second-order valence-corrected chi connectivity index (χ2v) is 9.97. The first kappa shape index (κ1) is 18.5. The number of hydrogen-bond donors (Lipinski definition) is 1. The number of sulfone groups is 1. The number of nitrogens with one attached hydrogen (secondary N) is 1. The van der Waals surface area contributed by atoms with E-state index in [-0.39, 0.29) is 5.75 Å². The average Bonchev–Trinajstić information content (AvgIpc) is 3.27. The van der Waals surface area contributed by atoms with Crippen LogP contribution in [0.5, 0.6) is 0 Å². The molecule has 9 heteroatoms. The van der Waals surface area contributed by atoms with Crippen molar-refractivity contribution in [1.82, 2.24) is 19.9 Å². The molecule has 0 bridgehead atoms. The largest absolute Gasteiger partial charge is 0.353 e. The fourth-order valence-electron chi connectivity index (χ4n) is 3.89. The van der Waals surface area contributed by atoms with Gasteiger partial charge >= 0.3 is 0 Å². The molecule has 0 amide bonds. The van der Waals surface area contributed by atoms with Gasteiger partial charge in [-0.25, -0.2) is 8.42 Å². The van der Waals surface area contributed by atoms with E-state index in [1.54, 1.807) is 0 Å². The Hall–Kier alpha value is -1.87. The number of nitrogens with zero attached hydrogens (tertiary/aromatic N) is 5. The van der Waals surface area contributed by atoms with E-state index >= 15 is 0 Å². The standard InChI is InChI=1S/C18H28N6O2S/c1-14-13-15-16(19-14)20-18(24-5-3-4-6-24)21-17(15)23-9-7-22(8-10-23)11-12-27(2,25)26/h13H,3-12H2,1-2H3,(H,19,20,21). The van der Waals surface area contributed by atoms with Crippen LogP contribution in [0, 0.1) is 6.92 Å². The minimum atomic E-state index is -2.92. The fraction of sp³-hybridized carbons (Fsp3) is 0.667. The summed E-state index contributed by atoms with van der Waals surface area (Å²) in [6.45, 7) is 8.08. The van der Waals surface area contributed by atoms with Gasteiger partial charge in [-0.05, 0) is 25.8 Å². The maximum atomic E-state index is 11.4. The molecule has 2 aromatic heterocycles. The second kappa shape index (κ2) is 7.27. The molecule has 0 aromatic carbocycles. The molecule has 2 aromatic rings. The van der Waals surface area contributed by atoms with Crippen LogP contribution in [-0.2, 0) is 9.84 Å². The third-order valence-electron chi connectivity index (χ3n) is 5.43. The van der Waals surface area contributed by atoms with Crippen molar-refractivity contribution in [3.05, 3.63) is 11.8 Å². The first-order valence-corrected chi connectivity index (χ1v) is 11.7. The normalized spacial score (nSPS) is 19.3. The van der Waals surface area contributed by atoms with Gasteiger partial charge in [0.25, 0.3) is 0 Å². The molecule has 27 heavy (non-hydrogen) atoms. The number of fused-ring (bicyclic) bond motifs is 1. The predicted molar refractivity (Wildman–Crippen MR) is 108 cm³/mol. The maximum absolute atomic E-state index is 11.4. The highest BCUT2D eigenvalue weighted by Gasteiger charge is 2.24. The molecular formula is C18H28N6O2S. The summed E-state index contributed by atoms with van der Waals surface area (Å²) < 4.78 is 22.8. The van der Waals surface area contributed by atoms with Crippen LogP contribution >= 0.6 is 0 Å². The summed E-state index contributed by atoms with van der Waals surface area (Å²) in [5.41, 5.74) is 1.99. The second-order valence-electron chi connectivity index (χ2n) is 7.71. The van der Waals surface area contributed by atoms with Crippen molar-refractivity contribution in [2.45, 2.75) is 19.8 Å². The smallest absolute Gasteiger partial charge is 0.229 e. The van der Waals surface area contributed by atoms with E-state index in [2.05, 4.69) is 25.8 Å². The summed E-state index contributed by atoms with van der Waals surface area (Å²) in [7, 11) is -2.92. The summed E-state index contributed by atoms with van der Waals surface area (Å²) >= 11 is 0. The van der Waals surface area contributed by atoms with Gasteiger partial charge < -0.3 is 14.8 Å². The Morgan fingerprint density at radius 1 is 1.04 bits per heavy atom. The Bertz CT molecular complexity index is 911. The Labute approximate surface area is 160 Å². The monoisotopic (exact) mass is 392 g/mol. The molecule has 2 fully saturated rings. The zero-order chi connectivity index (χ0) is 19.0. The first-order chi connectivity index (χ1) is 12.9. The highest BCUT2D eigenvalue weighted by atomic mass is 32.2. The molecule has 0 saturated carbocycles. The molecule has 0 unspecified atom stereocenters. The lowest BCUT2D eigenvalue weighted by atomic mass is 10.2. The lowest BCUT2D eigenvalue weighted by Gasteiger charge is -2.35. The molecule has 0 spiro atoms. The van der Waals surface area contributed by atoms with E-state index in [9.17, 15) is 8.42 Å². The summed E-state index contributed by atoms with van der Waals surface area (Å²) in [5, 5.41) is 1.07. The van der Waals surface area contributed by atoms with E-state index in [1.165, 1.54) is 19.1 Å². The van der Waals surface area contributed by atoms with Gasteiger partial charge in [-0.1, -0.05) is 0 Å². The molecule has 1 N–H and O–H groups in total. The first-order valence-electron chi connectivity index (χ1n) is 9.66. The highest BCUT2D eigenvalue weighted by molar-refractivity contribution is 7.90. The lowest BCUT2D eigenvalue weighted by Crippen LogP contribution is -2.48. The molecule has 2 saturated heterocycles. The molecule has 148 valence electrons. The van der Waals surface area contributed by atoms with Crippen LogP contribution in [0.4, 0.5) is 11.8 Å². The molecule has 0 aliphatic carbocycles. The Balaban J connectivity index is 1.54. The van der Waals surface area contributed by atoms with Gasteiger partial charge in [0.15, 0.2) is 0 Å². The van der Waals surface area contributed by atoms with E-state index in [0.717, 1.165) is 67.8 Å². The lowest BCUT2D eigenvalue weighted by molar-refractivity contribution is 0.271. The number of rotatable bonds is 5. The summed E-state index contributed by atoms with van der Waals surface area (Å²) in [5.74, 6) is 2.03. The van der Waals surface area contributed by atoms with Crippen molar-refractivity contribution in [2.75, 3.05) is 67.6 Å². The third kappa shape index (κ3) is 4.19. The highest BCUT2D eigenvalue weighted by Crippen LogP contribution is 2.29. The molecule has 4 heterocycles. The van der Waals surface area contributed by atoms with Crippen molar-refractivity contribution in [1.29, 1.82) is 0 Å². The number of aromatic amines is 1. The van der Waals surface area contributed by atoms with Crippen molar-refractivity contribution in [3.8, 4) is 0 Å². The molecule has 8 nitrogen and oxygen atoms in total. The van der Waals surface area contributed by atoms with E-state index in [0.29, 0.717) is 6.54 Å². The van der Waals surface area contributed by atoms with Gasteiger partial charge in [-0.15, -0.1) is 0 Å². The minimum Gasteiger partial charge on any atom is -0.353 e. The quantitative estimate of drug-likeness (QED) is 0.813. The predicted octanol–water partition coefficient (Wildman–Crippen LogP) is 1.03. The summed E-state index contributed by atoms with van der Waals surface area (Å²) in [4.78, 5) is 19.9. The summed E-state index contributed by atoms with van der Waals surface area (Å²) in [6, 6.07) is 2.12.